The summed E-state index contributed by atoms with van der Waals surface area (Å²) in [6.45, 7) is 2.48. The zero-order chi connectivity index (χ0) is 15.4. The van der Waals surface area contributed by atoms with Crippen LogP contribution in [0.25, 0.3) is 6.08 Å². The molecular weight excluding hydrogens is 306 g/mol. The average molecular weight is 321 g/mol. The Hall–Kier alpha value is -1.92. The summed E-state index contributed by atoms with van der Waals surface area (Å²) in [7, 11) is 1.77. The SMILES string of the molecule is Cc1ccc(C(=O)N(C)Cc2csc(C=CC(=O)O)c2)s1. The molecule has 0 saturated carbocycles. The number of carboxylic acids is 1. The number of thiophene rings is 2. The second-order valence-corrected chi connectivity index (χ2v) is 6.83. The minimum atomic E-state index is -0.967. The van der Waals surface area contributed by atoms with Crippen molar-refractivity contribution >= 4 is 40.6 Å². The van der Waals surface area contributed by atoms with Crippen molar-refractivity contribution in [2.24, 2.45) is 0 Å². The van der Waals surface area contributed by atoms with Crippen LogP contribution in [0.1, 0.15) is 25.0 Å². The molecule has 6 heteroatoms. The van der Waals surface area contributed by atoms with Gasteiger partial charge in [-0.1, -0.05) is 0 Å². The number of carbonyl (C=O) groups excluding carboxylic acids is 1. The van der Waals surface area contributed by atoms with Gasteiger partial charge >= 0.3 is 5.97 Å². The lowest BCUT2D eigenvalue weighted by atomic mass is 10.2. The minimum absolute atomic E-state index is 0.00179. The number of nitrogens with zero attached hydrogens (tertiary/aromatic N) is 1. The monoisotopic (exact) mass is 321 g/mol. The maximum atomic E-state index is 12.2. The van der Waals surface area contributed by atoms with Gasteiger partial charge in [0.15, 0.2) is 0 Å². The smallest absolute Gasteiger partial charge is 0.328 e. The van der Waals surface area contributed by atoms with E-state index >= 15 is 0 Å². The second-order valence-electron chi connectivity index (χ2n) is 4.60. The first-order valence-corrected chi connectivity index (χ1v) is 7.95. The molecule has 1 amide bonds. The molecule has 0 aliphatic carbocycles. The molecule has 4 nitrogen and oxygen atoms in total. The van der Waals surface area contributed by atoms with Crippen LogP contribution in [0.15, 0.2) is 29.7 Å². The molecule has 2 aromatic rings. The molecule has 0 saturated heterocycles. The van der Waals surface area contributed by atoms with Crippen molar-refractivity contribution in [1.29, 1.82) is 0 Å². The van der Waals surface area contributed by atoms with E-state index in [-0.39, 0.29) is 5.91 Å². The third-order valence-corrected chi connectivity index (χ3v) is 4.72. The standard InChI is InChI=1S/C15H15NO3S2/c1-10-3-5-13(21-10)15(19)16(2)8-11-7-12(20-9-11)4-6-14(17)18/h3-7,9H,8H2,1-2H3,(H,17,18). The van der Waals surface area contributed by atoms with E-state index in [0.29, 0.717) is 6.54 Å². The Bertz CT molecular complexity index is 685. The van der Waals surface area contributed by atoms with Crippen LogP contribution in [0.5, 0.6) is 0 Å². The zero-order valence-corrected chi connectivity index (χ0v) is 13.3. The first kappa shape index (κ1) is 15.5. The number of carboxylic acid groups (broad SMARTS) is 1. The number of rotatable bonds is 5. The maximum Gasteiger partial charge on any atom is 0.328 e. The summed E-state index contributed by atoms with van der Waals surface area (Å²) in [6, 6.07) is 5.67. The van der Waals surface area contributed by atoms with E-state index in [2.05, 4.69) is 0 Å². The van der Waals surface area contributed by atoms with E-state index in [4.69, 9.17) is 5.11 Å². The van der Waals surface area contributed by atoms with Crippen molar-refractivity contribution < 1.29 is 14.7 Å². The van der Waals surface area contributed by atoms with E-state index in [1.807, 2.05) is 30.5 Å². The lowest BCUT2D eigenvalue weighted by molar-refractivity contribution is -0.131. The van der Waals surface area contributed by atoms with Gasteiger partial charge in [0.2, 0.25) is 0 Å². The van der Waals surface area contributed by atoms with Gasteiger partial charge in [-0.05, 0) is 42.1 Å². The molecule has 0 unspecified atom stereocenters. The predicted octanol–water partition coefficient (Wildman–Crippen LogP) is 3.49. The number of hydrogen-bond acceptors (Lipinski definition) is 4. The Labute approximate surface area is 131 Å². The molecule has 0 radical (unpaired) electrons. The third-order valence-electron chi connectivity index (χ3n) is 2.78. The molecule has 1 N–H and O–H groups in total. The summed E-state index contributed by atoms with van der Waals surface area (Å²) >= 11 is 2.95. The van der Waals surface area contributed by atoms with Crippen LogP contribution in [0.3, 0.4) is 0 Å². The molecule has 0 aliphatic heterocycles. The first-order valence-electron chi connectivity index (χ1n) is 6.26. The minimum Gasteiger partial charge on any atom is -0.478 e. The Balaban J connectivity index is 2.01. The van der Waals surface area contributed by atoms with E-state index in [1.54, 1.807) is 18.0 Å². The quantitative estimate of drug-likeness (QED) is 0.858. The predicted molar refractivity (Wildman–Crippen MR) is 85.8 cm³/mol. The molecule has 21 heavy (non-hydrogen) atoms. The van der Waals surface area contributed by atoms with E-state index in [0.717, 1.165) is 26.3 Å². The van der Waals surface area contributed by atoms with Gasteiger partial charge in [0.25, 0.3) is 5.91 Å². The average Bonchev–Trinajstić information content (AvgIpc) is 3.04. The van der Waals surface area contributed by atoms with Gasteiger partial charge in [-0.25, -0.2) is 4.79 Å². The van der Waals surface area contributed by atoms with E-state index in [9.17, 15) is 9.59 Å². The van der Waals surface area contributed by atoms with E-state index < -0.39 is 5.97 Å². The van der Waals surface area contributed by atoms with Crippen molar-refractivity contribution in [1.82, 2.24) is 4.90 Å². The highest BCUT2D eigenvalue weighted by Gasteiger charge is 2.14. The summed E-state index contributed by atoms with van der Waals surface area (Å²) in [6.07, 6.45) is 2.67. The fourth-order valence-corrected chi connectivity index (χ4v) is 3.46. The number of carbonyl (C=O) groups is 2. The van der Waals surface area contributed by atoms with Gasteiger partial charge in [-0.15, -0.1) is 22.7 Å². The lowest BCUT2D eigenvalue weighted by Crippen LogP contribution is -2.25. The molecule has 0 bridgehead atoms. The fraction of sp³-hybridized carbons (Fsp3) is 0.200. The molecule has 0 fully saturated rings. The second kappa shape index (κ2) is 6.69. The molecule has 2 heterocycles. The summed E-state index contributed by atoms with van der Waals surface area (Å²) < 4.78 is 0. The molecule has 0 aromatic carbocycles. The van der Waals surface area contributed by atoms with Gasteiger partial charge in [-0.2, -0.15) is 0 Å². The van der Waals surface area contributed by atoms with Crippen molar-refractivity contribution in [3.8, 4) is 0 Å². The van der Waals surface area contributed by atoms with Gasteiger partial charge in [0.1, 0.15) is 0 Å². The number of hydrogen-bond donors (Lipinski definition) is 1. The topological polar surface area (TPSA) is 57.6 Å². The highest BCUT2D eigenvalue weighted by atomic mass is 32.1. The van der Waals surface area contributed by atoms with Gasteiger partial charge in [0, 0.05) is 29.4 Å². The molecule has 0 spiro atoms. The molecule has 2 aromatic heterocycles. The Morgan fingerprint density at radius 2 is 2.14 bits per heavy atom. The third kappa shape index (κ3) is 4.27. The van der Waals surface area contributed by atoms with Gasteiger partial charge in [0.05, 0.1) is 4.88 Å². The van der Waals surface area contributed by atoms with Crippen LogP contribution in [0.4, 0.5) is 0 Å². The molecule has 2 rings (SSSR count). The highest BCUT2D eigenvalue weighted by Crippen LogP contribution is 2.20. The Morgan fingerprint density at radius 1 is 1.38 bits per heavy atom. The van der Waals surface area contributed by atoms with Crippen LogP contribution in [-0.4, -0.2) is 28.9 Å². The van der Waals surface area contributed by atoms with Crippen molar-refractivity contribution in [3.05, 3.63) is 49.9 Å². The van der Waals surface area contributed by atoms with Crippen LogP contribution < -0.4 is 0 Å². The summed E-state index contributed by atoms with van der Waals surface area (Å²) in [5.74, 6) is -0.966. The molecule has 0 atom stereocenters. The Morgan fingerprint density at radius 3 is 2.76 bits per heavy atom. The summed E-state index contributed by atoms with van der Waals surface area (Å²) in [5.41, 5.74) is 0.995. The summed E-state index contributed by atoms with van der Waals surface area (Å²) in [5, 5.41) is 10.5. The number of aliphatic carboxylic acids is 1. The van der Waals surface area contributed by atoms with Crippen LogP contribution in [-0.2, 0) is 11.3 Å². The van der Waals surface area contributed by atoms with Crippen LogP contribution in [0.2, 0.25) is 0 Å². The zero-order valence-electron chi connectivity index (χ0n) is 11.7. The van der Waals surface area contributed by atoms with Gasteiger partial charge < -0.3 is 10.0 Å². The van der Waals surface area contributed by atoms with Crippen LogP contribution >= 0.6 is 22.7 Å². The molecular formula is C15H15NO3S2. The Kier molecular flexibility index (Phi) is 4.93. The molecule has 0 aliphatic rings. The first-order chi connectivity index (χ1) is 9.95. The number of aryl methyl sites for hydroxylation is 1. The number of amides is 1. The largest absolute Gasteiger partial charge is 0.478 e. The van der Waals surface area contributed by atoms with Gasteiger partial charge in [-0.3, -0.25) is 4.79 Å². The van der Waals surface area contributed by atoms with Crippen molar-refractivity contribution in [2.75, 3.05) is 7.05 Å². The highest BCUT2D eigenvalue weighted by molar-refractivity contribution is 7.14. The van der Waals surface area contributed by atoms with Crippen molar-refractivity contribution in [3.63, 3.8) is 0 Å². The fourth-order valence-electron chi connectivity index (χ4n) is 1.80. The maximum absolute atomic E-state index is 12.2. The lowest BCUT2D eigenvalue weighted by Gasteiger charge is -2.15. The van der Waals surface area contributed by atoms with Crippen LogP contribution in [0, 0.1) is 6.92 Å². The van der Waals surface area contributed by atoms with E-state index in [1.165, 1.54) is 22.7 Å². The summed E-state index contributed by atoms with van der Waals surface area (Å²) in [4.78, 5) is 27.1. The molecule has 110 valence electrons. The van der Waals surface area contributed by atoms with Crippen molar-refractivity contribution in [2.45, 2.75) is 13.5 Å². The normalized spacial score (nSPS) is 11.0.